The highest BCUT2D eigenvalue weighted by Gasteiger charge is 2.24. The highest BCUT2D eigenvalue weighted by molar-refractivity contribution is 6.02. The van der Waals surface area contributed by atoms with E-state index < -0.39 is 5.97 Å². The van der Waals surface area contributed by atoms with Crippen LogP contribution in [0.5, 0.6) is 5.75 Å². The van der Waals surface area contributed by atoms with Crippen LogP contribution >= 0.6 is 0 Å². The summed E-state index contributed by atoms with van der Waals surface area (Å²) in [7, 11) is 0. The van der Waals surface area contributed by atoms with Crippen molar-refractivity contribution in [2.24, 2.45) is 0 Å². The maximum Gasteiger partial charge on any atom is 0.344 e. The zero-order valence-corrected chi connectivity index (χ0v) is 6.20. The van der Waals surface area contributed by atoms with Crippen molar-refractivity contribution in [3.8, 4) is 5.75 Å². The van der Waals surface area contributed by atoms with Crippen LogP contribution in [-0.2, 0) is 4.74 Å². The average Bonchev–Trinajstić information content (AvgIpc) is 2.28. The van der Waals surface area contributed by atoms with Crippen LogP contribution in [0.2, 0.25) is 0 Å². The number of rotatable bonds is 0. The van der Waals surface area contributed by atoms with Crippen LogP contribution < -0.4 is 0 Å². The summed E-state index contributed by atoms with van der Waals surface area (Å²) < 4.78 is 4.74. The first-order valence-electron chi connectivity index (χ1n) is 3.43. The number of carbonyl (C=O) groups is 1. The SMILES string of the molecule is C=C1OC(=O)c2ccc(O)cc21. The summed E-state index contributed by atoms with van der Waals surface area (Å²) in [5.41, 5.74) is 1.03. The second-order valence-corrected chi connectivity index (χ2v) is 2.54. The predicted molar refractivity (Wildman–Crippen MR) is 42.6 cm³/mol. The molecule has 0 aliphatic carbocycles. The molecule has 0 radical (unpaired) electrons. The molecule has 2 rings (SSSR count). The summed E-state index contributed by atoms with van der Waals surface area (Å²) in [4.78, 5) is 11.0. The van der Waals surface area contributed by atoms with E-state index in [4.69, 9.17) is 9.84 Å². The van der Waals surface area contributed by atoms with Gasteiger partial charge in [0.1, 0.15) is 11.5 Å². The largest absolute Gasteiger partial charge is 0.508 e. The van der Waals surface area contributed by atoms with Gasteiger partial charge in [0.15, 0.2) is 0 Å². The Morgan fingerprint density at radius 1 is 1.33 bits per heavy atom. The third-order valence-corrected chi connectivity index (χ3v) is 1.74. The maximum absolute atomic E-state index is 11.0. The Labute approximate surface area is 68.9 Å². The lowest BCUT2D eigenvalue weighted by Crippen LogP contribution is -1.92. The summed E-state index contributed by atoms with van der Waals surface area (Å²) in [5, 5.41) is 9.09. The first-order chi connectivity index (χ1) is 5.68. The number of hydrogen-bond donors (Lipinski definition) is 1. The second kappa shape index (κ2) is 2.11. The lowest BCUT2D eigenvalue weighted by atomic mass is 10.1. The minimum Gasteiger partial charge on any atom is -0.508 e. The molecule has 1 heterocycles. The Balaban J connectivity index is 2.68. The van der Waals surface area contributed by atoms with Crippen molar-refractivity contribution in [2.75, 3.05) is 0 Å². The minimum absolute atomic E-state index is 0.105. The fourth-order valence-corrected chi connectivity index (χ4v) is 1.16. The first-order valence-corrected chi connectivity index (χ1v) is 3.43. The van der Waals surface area contributed by atoms with Crippen LogP contribution in [0.25, 0.3) is 5.76 Å². The molecule has 0 saturated carbocycles. The summed E-state index contributed by atoms with van der Waals surface area (Å²) in [5.74, 6) is -0.00546. The molecule has 1 aromatic carbocycles. The maximum atomic E-state index is 11.0. The van der Waals surface area contributed by atoms with Crippen LogP contribution in [0, 0.1) is 0 Å². The van der Waals surface area contributed by atoms with E-state index in [9.17, 15) is 4.79 Å². The zero-order valence-electron chi connectivity index (χ0n) is 6.20. The number of fused-ring (bicyclic) bond motifs is 1. The van der Waals surface area contributed by atoms with Crippen molar-refractivity contribution in [1.82, 2.24) is 0 Å². The molecule has 1 N–H and O–H groups in total. The van der Waals surface area contributed by atoms with E-state index in [1.807, 2.05) is 0 Å². The van der Waals surface area contributed by atoms with Crippen molar-refractivity contribution < 1.29 is 14.6 Å². The summed E-state index contributed by atoms with van der Waals surface area (Å²) in [6, 6.07) is 4.42. The van der Waals surface area contributed by atoms with E-state index in [1.54, 1.807) is 0 Å². The van der Waals surface area contributed by atoms with Crippen LogP contribution in [0.15, 0.2) is 24.8 Å². The van der Waals surface area contributed by atoms with Gasteiger partial charge in [0.25, 0.3) is 0 Å². The number of aromatic hydroxyl groups is 1. The molecule has 0 saturated heterocycles. The Bertz CT molecular complexity index is 379. The highest BCUT2D eigenvalue weighted by Crippen LogP contribution is 2.30. The Hall–Kier alpha value is -1.77. The lowest BCUT2D eigenvalue weighted by Gasteiger charge is -1.94. The average molecular weight is 162 g/mol. The molecule has 1 aliphatic heterocycles. The molecular weight excluding hydrogens is 156 g/mol. The molecule has 0 spiro atoms. The molecule has 12 heavy (non-hydrogen) atoms. The Kier molecular flexibility index (Phi) is 1.21. The van der Waals surface area contributed by atoms with Gasteiger partial charge in [-0.2, -0.15) is 0 Å². The van der Waals surface area contributed by atoms with E-state index in [0.29, 0.717) is 16.9 Å². The minimum atomic E-state index is -0.407. The van der Waals surface area contributed by atoms with E-state index in [2.05, 4.69) is 6.58 Å². The van der Waals surface area contributed by atoms with E-state index in [1.165, 1.54) is 18.2 Å². The van der Waals surface area contributed by atoms with Crippen molar-refractivity contribution in [2.45, 2.75) is 0 Å². The van der Waals surface area contributed by atoms with Crippen molar-refractivity contribution in [3.63, 3.8) is 0 Å². The molecule has 1 aliphatic rings. The Morgan fingerprint density at radius 3 is 2.83 bits per heavy atom. The quantitative estimate of drug-likeness (QED) is 0.588. The van der Waals surface area contributed by atoms with Crippen LogP contribution in [0.3, 0.4) is 0 Å². The molecule has 1 aromatic rings. The third-order valence-electron chi connectivity index (χ3n) is 1.74. The van der Waals surface area contributed by atoms with Gasteiger partial charge in [-0.25, -0.2) is 4.79 Å². The summed E-state index contributed by atoms with van der Waals surface area (Å²) in [6.07, 6.45) is 0. The molecule has 0 aromatic heterocycles. The molecule has 0 atom stereocenters. The van der Waals surface area contributed by atoms with Gasteiger partial charge in [-0.05, 0) is 18.2 Å². The number of ether oxygens (including phenoxy) is 1. The number of cyclic esters (lactones) is 1. The molecule has 0 unspecified atom stereocenters. The van der Waals surface area contributed by atoms with Crippen molar-refractivity contribution in [3.05, 3.63) is 35.9 Å². The fourth-order valence-electron chi connectivity index (χ4n) is 1.16. The highest BCUT2D eigenvalue weighted by atomic mass is 16.5. The van der Waals surface area contributed by atoms with Crippen molar-refractivity contribution in [1.29, 1.82) is 0 Å². The standard InChI is InChI=1S/C9H6O3/c1-5-8-4-6(10)2-3-7(8)9(11)12-5/h2-4,10H,1H2. The first kappa shape index (κ1) is 6.91. The van der Waals surface area contributed by atoms with E-state index in [-0.39, 0.29) is 5.75 Å². The molecule has 3 heteroatoms. The van der Waals surface area contributed by atoms with E-state index >= 15 is 0 Å². The van der Waals surface area contributed by atoms with Crippen LogP contribution in [0.4, 0.5) is 0 Å². The number of benzene rings is 1. The summed E-state index contributed by atoms with van der Waals surface area (Å²) in [6.45, 7) is 3.53. The van der Waals surface area contributed by atoms with Gasteiger partial charge in [0.2, 0.25) is 0 Å². The topological polar surface area (TPSA) is 46.5 Å². The molecule has 0 amide bonds. The molecule has 0 fully saturated rings. The smallest absolute Gasteiger partial charge is 0.344 e. The number of carbonyl (C=O) groups excluding carboxylic acids is 1. The van der Waals surface area contributed by atoms with Gasteiger partial charge in [0, 0.05) is 5.56 Å². The zero-order chi connectivity index (χ0) is 8.72. The third kappa shape index (κ3) is 0.797. The molecule has 0 bridgehead atoms. The number of hydrogen-bond acceptors (Lipinski definition) is 3. The molecule has 60 valence electrons. The Morgan fingerprint density at radius 2 is 2.08 bits per heavy atom. The number of phenols is 1. The van der Waals surface area contributed by atoms with E-state index in [0.717, 1.165) is 0 Å². The number of esters is 1. The fraction of sp³-hybridized carbons (Fsp3) is 0. The van der Waals surface area contributed by atoms with Gasteiger partial charge in [0.05, 0.1) is 5.56 Å². The van der Waals surface area contributed by atoms with Gasteiger partial charge in [-0.3, -0.25) is 0 Å². The number of phenolic OH excluding ortho intramolecular Hbond substituents is 1. The van der Waals surface area contributed by atoms with Gasteiger partial charge in [-0.15, -0.1) is 0 Å². The normalized spacial score (nSPS) is 14.3. The lowest BCUT2D eigenvalue weighted by molar-refractivity contribution is 0.0716. The molecule has 3 nitrogen and oxygen atoms in total. The van der Waals surface area contributed by atoms with Gasteiger partial charge < -0.3 is 9.84 Å². The second-order valence-electron chi connectivity index (χ2n) is 2.54. The predicted octanol–water partition coefficient (Wildman–Crippen LogP) is 1.53. The summed E-state index contributed by atoms with van der Waals surface area (Å²) >= 11 is 0. The molecular formula is C9H6O3. The van der Waals surface area contributed by atoms with Gasteiger partial charge >= 0.3 is 5.97 Å². The van der Waals surface area contributed by atoms with Gasteiger partial charge in [-0.1, -0.05) is 6.58 Å². The van der Waals surface area contributed by atoms with Crippen LogP contribution in [0.1, 0.15) is 15.9 Å². The van der Waals surface area contributed by atoms with Crippen LogP contribution in [-0.4, -0.2) is 11.1 Å². The monoisotopic (exact) mass is 162 g/mol. The van der Waals surface area contributed by atoms with Crippen molar-refractivity contribution >= 4 is 11.7 Å².